The molecule has 134 valence electrons. The Hall–Kier alpha value is -1.08. The van der Waals surface area contributed by atoms with Crippen molar-refractivity contribution in [2.45, 2.75) is 45.1 Å². The van der Waals surface area contributed by atoms with Gasteiger partial charge in [0.1, 0.15) is 11.8 Å². The van der Waals surface area contributed by atoms with Gasteiger partial charge in [-0.25, -0.2) is 0 Å². The number of carbonyl (C=O) groups is 3. The van der Waals surface area contributed by atoms with Crippen LogP contribution in [0.3, 0.4) is 0 Å². The number of thioether (sulfide) groups is 1. The van der Waals surface area contributed by atoms with Crippen molar-refractivity contribution in [3.05, 3.63) is 0 Å². The lowest BCUT2D eigenvalue weighted by atomic mass is 10.1. The quantitative estimate of drug-likeness (QED) is 0.488. The predicted molar refractivity (Wildman–Crippen MR) is 95.6 cm³/mol. The van der Waals surface area contributed by atoms with Crippen LogP contribution in [-0.4, -0.2) is 67.7 Å². The van der Waals surface area contributed by atoms with Crippen LogP contribution in [0, 0.1) is 0 Å². The summed E-state index contributed by atoms with van der Waals surface area (Å²) >= 11 is 1.80. The van der Waals surface area contributed by atoms with E-state index in [1.54, 1.807) is 25.9 Å². The molecule has 0 saturated carbocycles. The monoisotopic (exact) mass is 345 g/mol. The summed E-state index contributed by atoms with van der Waals surface area (Å²) in [5.74, 6) is 0.654. The van der Waals surface area contributed by atoms with E-state index in [2.05, 4.69) is 16.9 Å². The summed E-state index contributed by atoms with van der Waals surface area (Å²) in [4.78, 5) is 37.3. The molecule has 0 fully saturated rings. The average Bonchev–Trinajstić information content (AvgIpc) is 2.51. The fourth-order valence-corrected chi connectivity index (χ4v) is 2.65. The third kappa shape index (κ3) is 10.3. The van der Waals surface area contributed by atoms with Gasteiger partial charge >= 0.3 is 0 Å². The minimum absolute atomic E-state index is 0.0557. The summed E-state index contributed by atoms with van der Waals surface area (Å²) in [7, 11) is 3.40. The van der Waals surface area contributed by atoms with E-state index in [1.807, 2.05) is 0 Å². The van der Waals surface area contributed by atoms with Crippen LogP contribution in [0.25, 0.3) is 0 Å². The molecule has 23 heavy (non-hydrogen) atoms. The second-order valence-corrected chi connectivity index (χ2v) is 6.61. The zero-order valence-corrected chi connectivity index (χ0v) is 15.6. The maximum atomic E-state index is 12.3. The van der Waals surface area contributed by atoms with Gasteiger partial charge in [-0.1, -0.05) is 6.42 Å². The highest BCUT2D eigenvalue weighted by Gasteiger charge is 2.27. The molecule has 0 aliphatic rings. The maximum absolute atomic E-state index is 12.3. The van der Waals surface area contributed by atoms with Gasteiger partial charge in [-0.3, -0.25) is 14.4 Å². The van der Waals surface area contributed by atoms with Crippen molar-refractivity contribution in [2.75, 3.05) is 39.2 Å². The number of likely N-dealkylation sites (N-methyl/N-ethyl adjacent to an activating group) is 2. The molecular weight excluding hydrogens is 314 g/mol. The summed E-state index contributed by atoms with van der Waals surface area (Å²) in [6, 6.07) is -0.719. The van der Waals surface area contributed by atoms with Gasteiger partial charge in [-0.15, -0.1) is 0 Å². The molecule has 2 amide bonds. The molecule has 7 heteroatoms. The molecule has 0 saturated heterocycles. The topological polar surface area (TPSA) is 78.5 Å². The molecule has 0 aromatic heterocycles. The van der Waals surface area contributed by atoms with Crippen LogP contribution in [0.15, 0.2) is 0 Å². The Morgan fingerprint density at radius 3 is 2.39 bits per heavy atom. The fraction of sp³-hybridized carbons (Fsp3) is 0.812. The first-order valence-corrected chi connectivity index (χ1v) is 9.49. The fourth-order valence-electron chi connectivity index (χ4n) is 2.16. The van der Waals surface area contributed by atoms with E-state index in [-0.39, 0.29) is 24.0 Å². The average molecular weight is 346 g/mol. The minimum atomic E-state index is -0.719. The molecule has 1 atom stereocenters. The Kier molecular flexibility index (Phi) is 12.7. The van der Waals surface area contributed by atoms with Crippen molar-refractivity contribution in [1.82, 2.24) is 15.5 Å². The number of hydrogen-bond donors (Lipinski definition) is 2. The lowest BCUT2D eigenvalue weighted by molar-refractivity contribution is -0.140. The highest BCUT2D eigenvalue weighted by molar-refractivity contribution is 7.98. The smallest absolute Gasteiger partial charge is 0.243 e. The second-order valence-electron chi connectivity index (χ2n) is 5.62. The van der Waals surface area contributed by atoms with Gasteiger partial charge in [0.25, 0.3) is 0 Å². The third-order valence-electron chi connectivity index (χ3n) is 3.56. The standard InChI is InChI=1S/C16H31N3O3S/c1-13(20)12-14(16(22)18-10-9-17-2)19(3)15(21)8-6-5-7-11-23-4/h14,17H,5-12H2,1-4H3,(H,18,22)/t14-/m0/s1. The Bertz CT molecular complexity index is 378. The van der Waals surface area contributed by atoms with E-state index in [0.717, 1.165) is 25.0 Å². The Labute approximate surface area is 144 Å². The number of amides is 2. The number of unbranched alkanes of at least 4 members (excludes halogenated alkanes) is 2. The van der Waals surface area contributed by atoms with Crippen molar-refractivity contribution in [1.29, 1.82) is 0 Å². The number of hydrogen-bond acceptors (Lipinski definition) is 5. The number of ketones is 1. The van der Waals surface area contributed by atoms with Crippen molar-refractivity contribution in [3.8, 4) is 0 Å². The molecule has 6 nitrogen and oxygen atoms in total. The van der Waals surface area contributed by atoms with Crippen molar-refractivity contribution < 1.29 is 14.4 Å². The number of rotatable bonds is 13. The van der Waals surface area contributed by atoms with Crippen LogP contribution in [-0.2, 0) is 14.4 Å². The SMILES string of the molecule is CNCCNC(=O)[C@H](CC(C)=O)N(C)C(=O)CCCCCSC. The first-order valence-electron chi connectivity index (χ1n) is 8.10. The molecule has 0 rings (SSSR count). The normalized spacial score (nSPS) is 11.8. The molecular formula is C16H31N3O3S. The van der Waals surface area contributed by atoms with E-state index < -0.39 is 6.04 Å². The van der Waals surface area contributed by atoms with E-state index in [1.165, 1.54) is 11.8 Å². The molecule has 2 N–H and O–H groups in total. The van der Waals surface area contributed by atoms with Gasteiger partial charge in [0.15, 0.2) is 0 Å². The first-order chi connectivity index (χ1) is 10.9. The van der Waals surface area contributed by atoms with Gasteiger partial charge < -0.3 is 15.5 Å². The molecule has 0 unspecified atom stereocenters. The van der Waals surface area contributed by atoms with Gasteiger partial charge in [-0.05, 0) is 38.8 Å². The Balaban J connectivity index is 4.47. The van der Waals surface area contributed by atoms with Gasteiger partial charge in [0.2, 0.25) is 11.8 Å². The van der Waals surface area contributed by atoms with Crippen molar-refractivity contribution >= 4 is 29.4 Å². The van der Waals surface area contributed by atoms with Crippen LogP contribution in [0.1, 0.15) is 39.0 Å². The van der Waals surface area contributed by atoms with Crippen LogP contribution in [0.4, 0.5) is 0 Å². The summed E-state index contributed by atoms with van der Waals surface area (Å²) in [5, 5.41) is 5.69. The zero-order valence-electron chi connectivity index (χ0n) is 14.8. The molecule has 0 aromatic rings. The van der Waals surface area contributed by atoms with Crippen molar-refractivity contribution in [3.63, 3.8) is 0 Å². The van der Waals surface area contributed by atoms with E-state index >= 15 is 0 Å². The van der Waals surface area contributed by atoms with Crippen LogP contribution in [0.5, 0.6) is 0 Å². The summed E-state index contributed by atoms with van der Waals surface area (Å²) in [6.45, 7) is 2.56. The summed E-state index contributed by atoms with van der Waals surface area (Å²) in [6.07, 6.45) is 5.46. The second kappa shape index (κ2) is 13.4. The van der Waals surface area contributed by atoms with Gasteiger partial charge in [-0.2, -0.15) is 11.8 Å². The van der Waals surface area contributed by atoms with E-state index in [9.17, 15) is 14.4 Å². The van der Waals surface area contributed by atoms with E-state index in [0.29, 0.717) is 19.5 Å². The molecule has 0 radical (unpaired) electrons. The molecule has 0 spiro atoms. The van der Waals surface area contributed by atoms with Crippen LogP contribution >= 0.6 is 11.8 Å². The number of Topliss-reactive ketones (excluding diaryl/α,β-unsaturated/α-hetero) is 1. The van der Waals surface area contributed by atoms with Gasteiger partial charge in [0, 0.05) is 33.0 Å². The summed E-state index contributed by atoms with van der Waals surface area (Å²) in [5.41, 5.74) is 0. The lowest BCUT2D eigenvalue weighted by Crippen LogP contribution is -2.49. The molecule has 0 heterocycles. The number of carbonyl (C=O) groups excluding carboxylic acids is 3. The predicted octanol–water partition coefficient (Wildman–Crippen LogP) is 1.05. The molecule has 0 aliphatic carbocycles. The maximum Gasteiger partial charge on any atom is 0.243 e. The first kappa shape index (κ1) is 21.9. The minimum Gasteiger partial charge on any atom is -0.353 e. The van der Waals surface area contributed by atoms with Crippen LogP contribution in [0.2, 0.25) is 0 Å². The molecule has 0 bridgehead atoms. The lowest BCUT2D eigenvalue weighted by Gasteiger charge is -2.26. The summed E-state index contributed by atoms with van der Waals surface area (Å²) < 4.78 is 0. The molecule has 0 aliphatic heterocycles. The largest absolute Gasteiger partial charge is 0.353 e. The van der Waals surface area contributed by atoms with Crippen molar-refractivity contribution in [2.24, 2.45) is 0 Å². The Morgan fingerprint density at radius 2 is 1.83 bits per heavy atom. The third-order valence-corrected chi connectivity index (χ3v) is 4.25. The highest BCUT2D eigenvalue weighted by atomic mass is 32.2. The number of nitrogens with zero attached hydrogens (tertiary/aromatic N) is 1. The number of nitrogens with one attached hydrogen (secondary N) is 2. The van der Waals surface area contributed by atoms with E-state index in [4.69, 9.17) is 0 Å². The highest BCUT2D eigenvalue weighted by Crippen LogP contribution is 2.10. The Morgan fingerprint density at radius 1 is 1.13 bits per heavy atom. The van der Waals surface area contributed by atoms with Gasteiger partial charge in [0.05, 0.1) is 0 Å². The molecule has 0 aromatic carbocycles. The zero-order chi connectivity index (χ0) is 17.7. The van der Waals surface area contributed by atoms with Crippen LogP contribution < -0.4 is 10.6 Å².